The summed E-state index contributed by atoms with van der Waals surface area (Å²) >= 11 is 0. The van der Waals surface area contributed by atoms with Crippen LogP contribution in [0, 0.1) is 11.3 Å². The number of hydrogen-bond donors (Lipinski definition) is 0. The van der Waals surface area contributed by atoms with Crippen molar-refractivity contribution in [3.8, 4) is 6.07 Å². The smallest absolute Gasteiger partial charge is 0.250 e. The fourth-order valence-corrected chi connectivity index (χ4v) is 2.07. The molecule has 2 rings (SSSR count). The summed E-state index contributed by atoms with van der Waals surface area (Å²) in [6, 6.07) is 17.3. The van der Waals surface area contributed by atoms with Gasteiger partial charge in [0.05, 0.1) is 12.5 Å². The van der Waals surface area contributed by atoms with Crippen LogP contribution in [0.2, 0.25) is 0 Å². The molecule has 1 aromatic heterocycles. The van der Waals surface area contributed by atoms with Crippen LogP contribution >= 0.6 is 0 Å². The summed E-state index contributed by atoms with van der Waals surface area (Å²) in [5, 5.41) is 8.76. The maximum Gasteiger partial charge on any atom is 0.250 e. The summed E-state index contributed by atoms with van der Waals surface area (Å²) in [6.45, 7) is 1.98. The molecular weight excluding hydrogens is 250 g/mol. The number of pyridine rings is 1. The number of aromatic nitrogens is 1. The van der Waals surface area contributed by atoms with Gasteiger partial charge in [-0.3, -0.25) is 4.79 Å². The highest BCUT2D eigenvalue weighted by Gasteiger charge is 2.06. The highest BCUT2D eigenvalue weighted by molar-refractivity contribution is 5.45. The number of nitriles is 1. The Morgan fingerprint density at radius 3 is 2.50 bits per heavy atom. The molecule has 102 valence electrons. The van der Waals surface area contributed by atoms with E-state index in [9.17, 15) is 4.79 Å². The van der Waals surface area contributed by atoms with E-state index in [0.717, 1.165) is 5.69 Å². The van der Waals surface area contributed by atoms with E-state index in [1.54, 1.807) is 22.9 Å². The second kappa shape index (κ2) is 7.15. The molecule has 0 fully saturated rings. The van der Waals surface area contributed by atoms with Crippen LogP contribution in [0.5, 0.6) is 0 Å². The normalized spacial score (nSPS) is 9.95. The average Bonchev–Trinajstić information content (AvgIpc) is 2.50. The van der Waals surface area contributed by atoms with Gasteiger partial charge < -0.3 is 9.47 Å². The molecule has 20 heavy (non-hydrogen) atoms. The minimum Gasteiger partial charge on any atom is -0.369 e. The van der Waals surface area contributed by atoms with Gasteiger partial charge in [0.1, 0.15) is 0 Å². The van der Waals surface area contributed by atoms with Crippen molar-refractivity contribution in [1.82, 2.24) is 4.57 Å². The molecule has 0 saturated heterocycles. The van der Waals surface area contributed by atoms with Crippen molar-refractivity contribution in [3.63, 3.8) is 0 Å². The third-order valence-electron chi connectivity index (χ3n) is 3.12. The maximum absolute atomic E-state index is 11.7. The van der Waals surface area contributed by atoms with Gasteiger partial charge in [-0.2, -0.15) is 5.26 Å². The predicted octanol–water partition coefficient (Wildman–Crippen LogP) is 2.27. The third kappa shape index (κ3) is 3.72. The van der Waals surface area contributed by atoms with E-state index in [2.05, 4.69) is 11.0 Å². The Kier molecular flexibility index (Phi) is 4.96. The van der Waals surface area contributed by atoms with Gasteiger partial charge in [0.25, 0.3) is 5.56 Å². The number of para-hydroxylation sites is 1. The molecule has 0 atom stereocenters. The number of rotatable bonds is 6. The van der Waals surface area contributed by atoms with Gasteiger partial charge in [0.15, 0.2) is 0 Å². The van der Waals surface area contributed by atoms with Gasteiger partial charge in [-0.05, 0) is 18.2 Å². The quantitative estimate of drug-likeness (QED) is 0.806. The van der Waals surface area contributed by atoms with Gasteiger partial charge >= 0.3 is 0 Å². The molecule has 0 amide bonds. The largest absolute Gasteiger partial charge is 0.369 e. The summed E-state index contributed by atoms with van der Waals surface area (Å²) in [6.07, 6.45) is 2.26. The summed E-state index contributed by atoms with van der Waals surface area (Å²) in [5.74, 6) is 0. The van der Waals surface area contributed by atoms with Gasteiger partial charge in [-0.25, -0.2) is 0 Å². The molecule has 0 N–H and O–H groups in total. The van der Waals surface area contributed by atoms with E-state index < -0.39 is 0 Å². The monoisotopic (exact) mass is 267 g/mol. The fraction of sp³-hybridized carbons (Fsp3) is 0.250. The summed E-state index contributed by atoms with van der Waals surface area (Å²) in [7, 11) is 0. The topological polar surface area (TPSA) is 49.0 Å². The Labute approximate surface area is 118 Å². The van der Waals surface area contributed by atoms with Crippen molar-refractivity contribution in [1.29, 1.82) is 5.26 Å². The first kappa shape index (κ1) is 13.9. The molecule has 0 bridgehead atoms. The second-order valence-electron chi connectivity index (χ2n) is 4.46. The lowest BCUT2D eigenvalue weighted by Crippen LogP contribution is -2.31. The molecule has 0 unspecified atom stereocenters. The van der Waals surface area contributed by atoms with Gasteiger partial charge in [0, 0.05) is 37.6 Å². The van der Waals surface area contributed by atoms with Crippen LogP contribution in [0.25, 0.3) is 0 Å². The van der Waals surface area contributed by atoms with Crippen LogP contribution in [0.15, 0.2) is 59.5 Å². The van der Waals surface area contributed by atoms with Crippen LogP contribution in [-0.2, 0) is 6.54 Å². The zero-order valence-corrected chi connectivity index (χ0v) is 11.3. The highest BCUT2D eigenvalue weighted by Crippen LogP contribution is 2.13. The van der Waals surface area contributed by atoms with E-state index in [4.69, 9.17) is 5.26 Å². The molecule has 1 aromatic carbocycles. The molecule has 0 radical (unpaired) electrons. The highest BCUT2D eigenvalue weighted by atomic mass is 16.1. The lowest BCUT2D eigenvalue weighted by molar-refractivity contribution is 0.638. The lowest BCUT2D eigenvalue weighted by Gasteiger charge is -2.24. The van der Waals surface area contributed by atoms with Crippen LogP contribution in [-0.4, -0.2) is 17.7 Å². The maximum atomic E-state index is 11.7. The molecule has 0 aliphatic carbocycles. The molecule has 4 heteroatoms. The van der Waals surface area contributed by atoms with Gasteiger partial charge in [-0.15, -0.1) is 0 Å². The first-order valence-electron chi connectivity index (χ1n) is 6.63. The summed E-state index contributed by atoms with van der Waals surface area (Å²) in [5.41, 5.74) is 1.08. The molecule has 0 spiro atoms. The third-order valence-corrected chi connectivity index (χ3v) is 3.12. The van der Waals surface area contributed by atoms with Crippen molar-refractivity contribution >= 4 is 5.69 Å². The Bertz CT molecular complexity index is 628. The van der Waals surface area contributed by atoms with E-state index in [-0.39, 0.29) is 5.56 Å². The second-order valence-corrected chi connectivity index (χ2v) is 4.46. The van der Waals surface area contributed by atoms with E-state index >= 15 is 0 Å². The molecule has 0 saturated carbocycles. The minimum absolute atomic E-state index is 0.000736. The van der Waals surface area contributed by atoms with Crippen LogP contribution in [0.3, 0.4) is 0 Å². The van der Waals surface area contributed by atoms with E-state index in [1.807, 2.05) is 36.4 Å². The number of nitrogens with zero attached hydrogens (tertiary/aromatic N) is 3. The first-order valence-corrected chi connectivity index (χ1v) is 6.63. The molecule has 1 heterocycles. The van der Waals surface area contributed by atoms with Gasteiger partial charge in [-0.1, -0.05) is 24.3 Å². The van der Waals surface area contributed by atoms with Crippen molar-refractivity contribution in [3.05, 3.63) is 65.1 Å². The minimum atomic E-state index is 0.000736. The molecular formula is C16H17N3O. The predicted molar refractivity (Wildman–Crippen MR) is 79.6 cm³/mol. The molecule has 0 aliphatic rings. The van der Waals surface area contributed by atoms with Crippen molar-refractivity contribution < 1.29 is 0 Å². The van der Waals surface area contributed by atoms with E-state index in [1.165, 1.54) is 0 Å². The average molecular weight is 267 g/mol. The number of hydrogen-bond acceptors (Lipinski definition) is 3. The van der Waals surface area contributed by atoms with Crippen LogP contribution < -0.4 is 10.5 Å². The van der Waals surface area contributed by atoms with Crippen molar-refractivity contribution in [2.45, 2.75) is 13.0 Å². The SMILES string of the molecule is N#CCCN(CCn1ccccc1=O)c1ccccc1. The molecule has 4 nitrogen and oxygen atoms in total. The Morgan fingerprint density at radius 1 is 1.05 bits per heavy atom. The first-order chi connectivity index (χ1) is 9.81. The molecule has 0 aliphatic heterocycles. The Morgan fingerprint density at radius 2 is 1.80 bits per heavy atom. The standard InChI is InChI=1S/C16H17N3O/c17-10-6-12-18(15-7-2-1-3-8-15)13-14-19-11-5-4-9-16(19)20/h1-5,7-9,11H,6,12-14H2. The summed E-state index contributed by atoms with van der Waals surface area (Å²) < 4.78 is 1.68. The Balaban J connectivity index is 2.07. The zero-order valence-electron chi connectivity index (χ0n) is 11.3. The van der Waals surface area contributed by atoms with Crippen LogP contribution in [0.4, 0.5) is 5.69 Å². The van der Waals surface area contributed by atoms with Crippen LogP contribution in [0.1, 0.15) is 6.42 Å². The van der Waals surface area contributed by atoms with Crippen molar-refractivity contribution in [2.24, 2.45) is 0 Å². The fourth-order valence-electron chi connectivity index (χ4n) is 2.07. The Hall–Kier alpha value is -2.54. The number of anilines is 1. The zero-order chi connectivity index (χ0) is 14.2. The molecule has 2 aromatic rings. The summed E-state index contributed by atoms with van der Waals surface area (Å²) in [4.78, 5) is 13.8. The lowest BCUT2D eigenvalue weighted by atomic mass is 10.2. The van der Waals surface area contributed by atoms with E-state index in [0.29, 0.717) is 26.1 Å². The van der Waals surface area contributed by atoms with Gasteiger partial charge in [0.2, 0.25) is 0 Å². The van der Waals surface area contributed by atoms with Crippen molar-refractivity contribution in [2.75, 3.05) is 18.0 Å². The number of benzene rings is 1.